The van der Waals surface area contributed by atoms with Crippen molar-refractivity contribution in [1.29, 1.82) is 0 Å². The van der Waals surface area contributed by atoms with Gasteiger partial charge in [0, 0.05) is 37.4 Å². The van der Waals surface area contributed by atoms with E-state index in [0.29, 0.717) is 13.2 Å². The molecule has 2 heterocycles. The fourth-order valence-electron chi connectivity index (χ4n) is 1.83. The van der Waals surface area contributed by atoms with E-state index < -0.39 is 0 Å². The molecule has 0 saturated carbocycles. The van der Waals surface area contributed by atoms with Crippen molar-refractivity contribution in [3.05, 3.63) is 24.5 Å². The van der Waals surface area contributed by atoms with Crippen LogP contribution in [0.1, 0.15) is 6.92 Å². The van der Waals surface area contributed by atoms with E-state index in [1.807, 2.05) is 19.1 Å². The van der Waals surface area contributed by atoms with Crippen LogP contribution in [0.5, 0.6) is 0 Å². The Kier molecular flexibility index (Phi) is 6.65. The second-order valence-corrected chi connectivity index (χ2v) is 5.29. The molecule has 7 heteroatoms. The van der Waals surface area contributed by atoms with Crippen LogP contribution in [0.2, 0.25) is 0 Å². The van der Waals surface area contributed by atoms with Gasteiger partial charge in [0.2, 0.25) is 0 Å². The van der Waals surface area contributed by atoms with Gasteiger partial charge in [-0.1, -0.05) is 11.8 Å². The Balaban J connectivity index is 2.15. The first-order chi connectivity index (χ1) is 10.4. The zero-order chi connectivity index (χ0) is 14.9. The number of nitrogens with zero attached hydrogens (tertiary/aromatic N) is 4. The molecule has 2 aromatic heterocycles. The van der Waals surface area contributed by atoms with Gasteiger partial charge in [-0.15, -0.1) is 10.2 Å². The molecule has 0 radical (unpaired) electrons. The van der Waals surface area contributed by atoms with Crippen LogP contribution in [0.3, 0.4) is 0 Å². The third kappa shape index (κ3) is 4.52. The van der Waals surface area contributed by atoms with Gasteiger partial charge in [0.25, 0.3) is 0 Å². The van der Waals surface area contributed by atoms with Crippen LogP contribution in [-0.2, 0) is 16.0 Å². The highest BCUT2D eigenvalue weighted by atomic mass is 32.2. The summed E-state index contributed by atoms with van der Waals surface area (Å²) in [7, 11) is 1.69. The highest BCUT2D eigenvalue weighted by Crippen LogP contribution is 2.23. The maximum atomic E-state index is 5.36. The van der Waals surface area contributed by atoms with Crippen LogP contribution < -0.4 is 0 Å². The number of hydrogen-bond acceptors (Lipinski definition) is 6. The molecule has 0 bridgehead atoms. The second-order valence-electron chi connectivity index (χ2n) is 4.23. The summed E-state index contributed by atoms with van der Waals surface area (Å²) in [6, 6.07) is 3.86. The number of hydrogen-bond donors (Lipinski definition) is 0. The van der Waals surface area contributed by atoms with Crippen molar-refractivity contribution < 1.29 is 9.47 Å². The molecule has 0 fully saturated rings. The van der Waals surface area contributed by atoms with Crippen molar-refractivity contribution in [2.45, 2.75) is 18.6 Å². The molecule has 2 aromatic rings. The molecule has 0 aliphatic carbocycles. The monoisotopic (exact) mass is 308 g/mol. The Morgan fingerprint density at radius 3 is 2.71 bits per heavy atom. The second kappa shape index (κ2) is 8.76. The van der Waals surface area contributed by atoms with E-state index in [-0.39, 0.29) is 0 Å². The number of ether oxygens (including phenoxy) is 2. The average Bonchev–Trinajstić information content (AvgIpc) is 2.93. The standard InChI is InChI=1S/C14H20N4O2S/c1-3-20-10-11-21-14-17-16-13(18(14)8-9-19-2)12-4-6-15-7-5-12/h4-7H,3,8-11H2,1-2H3. The molecule has 0 aliphatic heterocycles. The van der Waals surface area contributed by atoms with Crippen LogP contribution in [0.15, 0.2) is 29.7 Å². The van der Waals surface area contributed by atoms with Crippen LogP contribution in [0.25, 0.3) is 11.4 Å². The molecule has 114 valence electrons. The smallest absolute Gasteiger partial charge is 0.191 e. The molecule has 0 amide bonds. The molecule has 0 N–H and O–H groups in total. The lowest BCUT2D eigenvalue weighted by atomic mass is 10.2. The van der Waals surface area contributed by atoms with E-state index in [2.05, 4.69) is 19.7 Å². The lowest BCUT2D eigenvalue weighted by Crippen LogP contribution is -2.08. The van der Waals surface area contributed by atoms with Gasteiger partial charge >= 0.3 is 0 Å². The Hall–Kier alpha value is -1.44. The number of pyridine rings is 1. The number of thioether (sulfide) groups is 1. The van der Waals surface area contributed by atoms with E-state index in [9.17, 15) is 0 Å². The summed E-state index contributed by atoms with van der Waals surface area (Å²) < 4.78 is 12.6. The maximum absolute atomic E-state index is 5.36. The predicted molar refractivity (Wildman–Crippen MR) is 82.3 cm³/mol. The first-order valence-electron chi connectivity index (χ1n) is 6.90. The molecule has 2 rings (SSSR count). The van der Waals surface area contributed by atoms with E-state index in [1.165, 1.54) is 0 Å². The first kappa shape index (κ1) is 15.9. The number of rotatable bonds is 9. The fourth-order valence-corrected chi connectivity index (χ4v) is 2.65. The minimum absolute atomic E-state index is 0.620. The van der Waals surface area contributed by atoms with Gasteiger partial charge in [0.15, 0.2) is 11.0 Å². The van der Waals surface area contributed by atoms with Gasteiger partial charge in [-0.2, -0.15) is 0 Å². The van der Waals surface area contributed by atoms with Gasteiger partial charge in [0.1, 0.15) is 0 Å². The third-order valence-corrected chi connectivity index (χ3v) is 3.77. The highest BCUT2D eigenvalue weighted by molar-refractivity contribution is 7.99. The maximum Gasteiger partial charge on any atom is 0.191 e. The minimum atomic E-state index is 0.620. The largest absolute Gasteiger partial charge is 0.383 e. The van der Waals surface area contributed by atoms with Gasteiger partial charge in [0.05, 0.1) is 19.8 Å². The molecule has 0 aromatic carbocycles. The molecule has 6 nitrogen and oxygen atoms in total. The summed E-state index contributed by atoms with van der Waals surface area (Å²) in [5, 5.41) is 9.48. The Morgan fingerprint density at radius 2 is 2.00 bits per heavy atom. The molecule has 21 heavy (non-hydrogen) atoms. The predicted octanol–water partition coefficient (Wildman–Crippen LogP) is 2.12. The Bertz CT molecular complexity index is 533. The van der Waals surface area contributed by atoms with E-state index >= 15 is 0 Å². The number of methoxy groups -OCH3 is 1. The minimum Gasteiger partial charge on any atom is -0.383 e. The molecule has 0 spiro atoms. The van der Waals surface area contributed by atoms with Crippen molar-refractivity contribution in [2.75, 3.05) is 32.7 Å². The van der Waals surface area contributed by atoms with Gasteiger partial charge in [-0.05, 0) is 19.1 Å². The summed E-state index contributed by atoms with van der Waals surface area (Å²) in [4.78, 5) is 4.04. The summed E-state index contributed by atoms with van der Waals surface area (Å²) in [5.41, 5.74) is 1.00. The van der Waals surface area contributed by atoms with Gasteiger partial charge in [-0.25, -0.2) is 0 Å². The van der Waals surface area contributed by atoms with Crippen molar-refractivity contribution in [2.24, 2.45) is 0 Å². The average molecular weight is 308 g/mol. The number of aromatic nitrogens is 4. The molecule has 0 aliphatic rings. The summed E-state index contributed by atoms with van der Waals surface area (Å²) in [5.74, 6) is 1.70. The van der Waals surface area contributed by atoms with Crippen molar-refractivity contribution in [1.82, 2.24) is 19.7 Å². The van der Waals surface area contributed by atoms with E-state index in [0.717, 1.165) is 35.4 Å². The summed E-state index contributed by atoms with van der Waals surface area (Å²) >= 11 is 1.65. The zero-order valence-electron chi connectivity index (χ0n) is 12.4. The molecule has 0 saturated heterocycles. The van der Waals surface area contributed by atoms with Crippen LogP contribution in [0, 0.1) is 0 Å². The SMILES string of the molecule is CCOCCSc1nnc(-c2ccncc2)n1CCOC. The van der Waals surface area contributed by atoms with Crippen LogP contribution >= 0.6 is 11.8 Å². The van der Waals surface area contributed by atoms with Crippen LogP contribution in [-0.4, -0.2) is 52.4 Å². The van der Waals surface area contributed by atoms with Crippen molar-refractivity contribution in [3.63, 3.8) is 0 Å². The van der Waals surface area contributed by atoms with Gasteiger partial charge < -0.3 is 9.47 Å². The third-order valence-electron chi connectivity index (χ3n) is 2.84. The molecule has 0 unspecified atom stereocenters. The molecule has 0 atom stereocenters. The topological polar surface area (TPSA) is 62.1 Å². The normalized spacial score (nSPS) is 11.0. The first-order valence-corrected chi connectivity index (χ1v) is 7.88. The summed E-state index contributed by atoms with van der Waals surface area (Å²) in [6.07, 6.45) is 3.51. The molecular formula is C14H20N4O2S. The summed E-state index contributed by atoms with van der Waals surface area (Å²) in [6.45, 7) is 4.78. The van der Waals surface area contributed by atoms with Gasteiger partial charge in [-0.3, -0.25) is 9.55 Å². The quantitative estimate of drug-likeness (QED) is 0.522. The highest BCUT2D eigenvalue weighted by Gasteiger charge is 2.13. The van der Waals surface area contributed by atoms with Crippen LogP contribution in [0.4, 0.5) is 0 Å². The zero-order valence-corrected chi connectivity index (χ0v) is 13.2. The fraction of sp³-hybridized carbons (Fsp3) is 0.500. The van der Waals surface area contributed by atoms with Crippen molar-refractivity contribution in [3.8, 4) is 11.4 Å². The molecular weight excluding hydrogens is 288 g/mol. The van der Waals surface area contributed by atoms with Crippen molar-refractivity contribution >= 4 is 11.8 Å². The lowest BCUT2D eigenvalue weighted by molar-refractivity contribution is 0.164. The Morgan fingerprint density at radius 1 is 1.19 bits per heavy atom. The Labute approximate surface area is 128 Å². The van der Waals surface area contributed by atoms with E-state index in [4.69, 9.17) is 9.47 Å². The lowest BCUT2D eigenvalue weighted by Gasteiger charge is -2.09. The van der Waals surface area contributed by atoms with E-state index in [1.54, 1.807) is 31.3 Å².